The van der Waals surface area contributed by atoms with Gasteiger partial charge in [-0.05, 0) is 35.5 Å². The van der Waals surface area contributed by atoms with E-state index in [1.807, 2.05) is 30.5 Å². The maximum absolute atomic E-state index is 12.3. The van der Waals surface area contributed by atoms with Crippen LogP contribution in [0.25, 0.3) is 21.9 Å². The third-order valence-electron chi connectivity index (χ3n) is 4.48. The number of carbonyl (C=O) groups is 1. The lowest BCUT2D eigenvalue weighted by molar-refractivity contribution is -0.109. The average molecular weight is 349 g/mol. The molecule has 3 aromatic rings. The minimum absolute atomic E-state index is 0.0242. The number of aromatic nitrogens is 1. The number of fused-ring (bicyclic) bond motifs is 1. The first kappa shape index (κ1) is 17.9. The van der Waals surface area contributed by atoms with Gasteiger partial charge >= 0.3 is 0 Å². The Balaban J connectivity index is 1.75. The number of benzene rings is 2. The first-order chi connectivity index (χ1) is 12.7. The summed E-state index contributed by atoms with van der Waals surface area (Å²) in [6, 6.07) is 16.2. The Kier molecular flexibility index (Phi) is 5.81. The van der Waals surface area contributed by atoms with Crippen LogP contribution < -0.4 is 16.2 Å². The quantitative estimate of drug-likeness (QED) is 0.483. The molecule has 0 radical (unpaired) electrons. The second-order valence-corrected chi connectivity index (χ2v) is 6.27. The van der Waals surface area contributed by atoms with Gasteiger partial charge in [-0.2, -0.15) is 0 Å². The van der Waals surface area contributed by atoms with E-state index in [-0.39, 0.29) is 5.56 Å². The number of amides is 1. The molecule has 0 aliphatic rings. The van der Waals surface area contributed by atoms with Crippen LogP contribution in [-0.4, -0.2) is 30.6 Å². The molecule has 2 aromatic carbocycles. The van der Waals surface area contributed by atoms with Gasteiger partial charge in [0.2, 0.25) is 6.41 Å². The zero-order valence-electron chi connectivity index (χ0n) is 14.9. The lowest BCUT2D eigenvalue weighted by Gasteiger charge is -2.10. The Morgan fingerprint density at radius 2 is 1.69 bits per heavy atom. The highest BCUT2D eigenvalue weighted by Gasteiger charge is 2.08. The fourth-order valence-electron chi connectivity index (χ4n) is 3.07. The first-order valence-corrected chi connectivity index (χ1v) is 8.76. The number of nitrogens with one attached hydrogen (secondary N) is 2. The number of aryl methyl sites for hydroxylation is 1. The monoisotopic (exact) mass is 349 g/mol. The minimum atomic E-state index is 0.0242. The number of hydrogen-bond acceptors (Lipinski definition) is 3. The Hall–Kier alpha value is -2.92. The molecule has 2 N–H and O–H groups in total. The summed E-state index contributed by atoms with van der Waals surface area (Å²) in [7, 11) is 1.79. The topological polar surface area (TPSA) is 63.1 Å². The van der Waals surface area contributed by atoms with E-state index in [4.69, 9.17) is 0 Å². The summed E-state index contributed by atoms with van der Waals surface area (Å²) in [5.74, 6) is 0. The van der Waals surface area contributed by atoms with Crippen LogP contribution in [-0.2, 0) is 18.3 Å². The van der Waals surface area contributed by atoms with E-state index >= 15 is 0 Å². The molecule has 5 nitrogen and oxygen atoms in total. The summed E-state index contributed by atoms with van der Waals surface area (Å²) in [5, 5.41) is 7.64. The van der Waals surface area contributed by atoms with Crippen molar-refractivity contribution in [2.75, 3.05) is 19.6 Å². The van der Waals surface area contributed by atoms with E-state index in [1.54, 1.807) is 11.6 Å². The maximum atomic E-state index is 12.3. The van der Waals surface area contributed by atoms with Gasteiger partial charge in [0.1, 0.15) is 0 Å². The van der Waals surface area contributed by atoms with E-state index in [0.29, 0.717) is 13.0 Å². The second-order valence-electron chi connectivity index (χ2n) is 6.27. The molecule has 0 aliphatic carbocycles. The van der Waals surface area contributed by atoms with Gasteiger partial charge in [0.05, 0.1) is 0 Å². The molecule has 3 rings (SSSR count). The average Bonchev–Trinajstić information content (AvgIpc) is 2.68. The van der Waals surface area contributed by atoms with Crippen LogP contribution >= 0.6 is 0 Å². The molecule has 0 bridgehead atoms. The largest absolute Gasteiger partial charge is 0.357 e. The molecule has 0 unspecified atom stereocenters. The van der Waals surface area contributed by atoms with Crippen molar-refractivity contribution in [1.29, 1.82) is 0 Å². The van der Waals surface area contributed by atoms with Crippen molar-refractivity contribution >= 4 is 17.2 Å². The number of nitrogens with zero attached hydrogens (tertiary/aromatic N) is 1. The highest BCUT2D eigenvalue weighted by Crippen LogP contribution is 2.26. The molecule has 26 heavy (non-hydrogen) atoms. The van der Waals surface area contributed by atoms with Crippen molar-refractivity contribution in [3.63, 3.8) is 0 Å². The number of rotatable bonds is 8. The van der Waals surface area contributed by atoms with Gasteiger partial charge in [-0.15, -0.1) is 0 Å². The number of pyridine rings is 1. The van der Waals surface area contributed by atoms with Crippen LogP contribution in [0.5, 0.6) is 0 Å². The van der Waals surface area contributed by atoms with E-state index in [2.05, 4.69) is 34.9 Å². The molecule has 0 atom stereocenters. The van der Waals surface area contributed by atoms with Crippen LogP contribution in [0, 0.1) is 0 Å². The molecular weight excluding hydrogens is 326 g/mol. The van der Waals surface area contributed by atoms with Crippen molar-refractivity contribution in [2.45, 2.75) is 6.42 Å². The molecule has 134 valence electrons. The molecular formula is C21H23N3O2. The van der Waals surface area contributed by atoms with Crippen LogP contribution in [0.15, 0.2) is 59.5 Å². The molecule has 5 heteroatoms. The third-order valence-corrected chi connectivity index (χ3v) is 4.48. The summed E-state index contributed by atoms with van der Waals surface area (Å²) in [6.45, 7) is 2.27. The van der Waals surface area contributed by atoms with Gasteiger partial charge in [0, 0.05) is 37.3 Å². The van der Waals surface area contributed by atoms with E-state index in [0.717, 1.165) is 41.4 Å². The predicted molar refractivity (Wildman–Crippen MR) is 105 cm³/mol. The van der Waals surface area contributed by atoms with Crippen molar-refractivity contribution in [3.8, 4) is 11.1 Å². The molecule has 0 aliphatic heterocycles. The zero-order chi connectivity index (χ0) is 18.4. The highest BCUT2D eigenvalue weighted by molar-refractivity contribution is 5.95. The van der Waals surface area contributed by atoms with Gasteiger partial charge in [0.25, 0.3) is 5.56 Å². The minimum Gasteiger partial charge on any atom is -0.357 e. The summed E-state index contributed by atoms with van der Waals surface area (Å²) >= 11 is 0. The Morgan fingerprint density at radius 1 is 0.962 bits per heavy atom. The van der Waals surface area contributed by atoms with Crippen LogP contribution in [0.1, 0.15) is 5.56 Å². The summed E-state index contributed by atoms with van der Waals surface area (Å²) < 4.78 is 1.64. The fourth-order valence-corrected chi connectivity index (χ4v) is 3.07. The van der Waals surface area contributed by atoms with E-state index in [1.165, 1.54) is 5.56 Å². The van der Waals surface area contributed by atoms with Crippen LogP contribution in [0.2, 0.25) is 0 Å². The standard InChI is InChI=1S/C21H23N3O2/c1-24-14-20(18-4-2-3-5-19(18)21(24)26)17-8-6-16(7-9-17)10-11-22-12-13-23-15-25/h2-9,14-15,22H,10-13H2,1H3,(H,23,25). The fraction of sp³-hybridized carbons (Fsp3) is 0.238. The Bertz CT molecular complexity index is 946. The summed E-state index contributed by atoms with van der Waals surface area (Å²) in [4.78, 5) is 22.5. The smallest absolute Gasteiger partial charge is 0.258 e. The Morgan fingerprint density at radius 3 is 2.42 bits per heavy atom. The van der Waals surface area contributed by atoms with Crippen LogP contribution in [0.4, 0.5) is 0 Å². The molecule has 0 saturated carbocycles. The highest BCUT2D eigenvalue weighted by atomic mass is 16.1. The molecule has 0 spiro atoms. The predicted octanol–water partition coefficient (Wildman–Crippen LogP) is 2.08. The molecule has 1 heterocycles. The van der Waals surface area contributed by atoms with Gasteiger partial charge < -0.3 is 15.2 Å². The molecule has 1 aromatic heterocycles. The van der Waals surface area contributed by atoms with E-state index in [9.17, 15) is 9.59 Å². The van der Waals surface area contributed by atoms with Crippen molar-refractivity contribution < 1.29 is 4.79 Å². The van der Waals surface area contributed by atoms with Crippen molar-refractivity contribution in [2.24, 2.45) is 7.05 Å². The number of carbonyl (C=O) groups excluding carboxylic acids is 1. The zero-order valence-corrected chi connectivity index (χ0v) is 14.9. The first-order valence-electron chi connectivity index (χ1n) is 8.76. The third kappa shape index (κ3) is 4.00. The molecule has 0 fully saturated rings. The normalized spacial score (nSPS) is 10.8. The Labute approximate surface area is 152 Å². The maximum Gasteiger partial charge on any atom is 0.258 e. The van der Waals surface area contributed by atoms with Crippen LogP contribution in [0.3, 0.4) is 0 Å². The summed E-state index contributed by atoms with van der Waals surface area (Å²) in [5.41, 5.74) is 3.44. The van der Waals surface area contributed by atoms with Gasteiger partial charge in [-0.25, -0.2) is 0 Å². The van der Waals surface area contributed by atoms with Gasteiger partial charge in [-0.3, -0.25) is 9.59 Å². The summed E-state index contributed by atoms with van der Waals surface area (Å²) in [6.07, 6.45) is 3.54. The molecule has 1 amide bonds. The number of hydrogen-bond donors (Lipinski definition) is 2. The van der Waals surface area contributed by atoms with Crippen molar-refractivity contribution in [3.05, 3.63) is 70.6 Å². The lowest BCUT2D eigenvalue weighted by Crippen LogP contribution is -2.27. The second kappa shape index (κ2) is 8.45. The molecule has 0 saturated heterocycles. The van der Waals surface area contributed by atoms with E-state index < -0.39 is 0 Å². The van der Waals surface area contributed by atoms with Gasteiger partial charge in [0.15, 0.2) is 0 Å². The van der Waals surface area contributed by atoms with Gasteiger partial charge in [-0.1, -0.05) is 42.5 Å². The lowest BCUT2D eigenvalue weighted by atomic mass is 9.99. The van der Waals surface area contributed by atoms with Crippen molar-refractivity contribution in [1.82, 2.24) is 15.2 Å². The SMILES string of the molecule is Cn1cc(-c2ccc(CCNCCNC=O)cc2)c2ccccc2c1=O.